The van der Waals surface area contributed by atoms with E-state index in [1.54, 1.807) is 0 Å². The van der Waals surface area contributed by atoms with Crippen LogP contribution in [0, 0.1) is 0 Å². The summed E-state index contributed by atoms with van der Waals surface area (Å²) in [7, 11) is 0. The van der Waals surface area contributed by atoms with Crippen molar-refractivity contribution < 1.29 is 14.6 Å². The molecule has 18 heavy (non-hydrogen) atoms. The first kappa shape index (κ1) is 14.3. The Balaban J connectivity index is 1.91. The first-order chi connectivity index (χ1) is 8.79. The van der Waals surface area contributed by atoms with Crippen LogP contribution in [-0.4, -0.2) is 61.2 Å². The van der Waals surface area contributed by atoms with Crippen molar-refractivity contribution in [3.63, 3.8) is 0 Å². The molecule has 1 N–H and O–H groups in total. The van der Waals surface area contributed by atoms with E-state index in [0.717, 1.165) is 65.0 Å². The van der Waals surface area contributed by atoms with Crippen molar-refractivity contribution in [1.82, 2.24) is 4.90 Å². The Morgan fingerprint density at radius 2 is 2.06 bits per heavy atom. The molecular formula is C14H27NO3. The highest BCUT2D eigenvalue weighted by Crippen LogP contribution is 2.36. The van der Waals surface area contributed by atoms with E-state index in [1.165, 1.54) is 0 Å². The Morgan fingerprint density at radius 1 is 1.28 bits per heavy atom. The molecule has 0 aromatic rings. The lowest BCUT2D eigenvalue weighted by molar-refractivity contribution is -0.151. The van der Waals surface area contributed by atoms with Crippen LogP contribution in [-0.2, 0) is 9.47 Å². The molecule has 0 aromatic carbocycles. The van der Waals surface area contributed by atoms with Crippen molar-refractivity contribution in [2.75, 3.05) is 39.5 Å². The maximum absolute atomic E-state index is 8.98. The average molecular weight is 257 g/mol. The van der Waals surface area contributed by atoms with E-state index in [4.69, 9.17) is 14.6 Å². The molecule has 0 saturated carbocycles. The highest BCUT2D eigenvalue weighted by atomic mass is 16.5. The van der Waals surface area contributed by atoms with Crippen LogP contribution in [0.3, 0.4) is 0 Å². The van der Waals surface area contributed by atoms with Crippen molar-refractivity contribution in [3.05, 3.63) is 0 Å². The second-order valence-electron chi connectivity index (χ2n) is 5.50. The molecule has 2 aliphatic heterocycles. The molecule has 0 radical (unpaired) electrons. The Morgan fingerprint density at radius 3 is 2.72 bits per heavy atom. The van der Waals surface area contributed by atoms with Crippen molar-refractivity contribution in [1.29, 1.82) is 0 Å². The Hall–Kier alpha value is -0.160. The number of hydrogen-bond donors (Lipinski definition) is 1. The second kappa shape index (κ2) is 6.85. The van der Waals surface area contributed by atoms with Crippen molar-refractivity contribution in [2.24, 2.45) is 0 Å². The summed E-state index contributed by atoms with van der Waals surface area (Å²) in [6, 6.07) is 0.619. The van der Waals surface area contributed by atoms with Crippen LogP contribution in [0.1, 0.15) is 39.0 Å². The number of nitrogens with zero attached hydrogens (tertiary/aromatic N) is 1. The summed E-state index contributed by atoms with van der Waals surface area (Å²) in [5.41, 5.74) is 0.0772. The first-order valence-electron chi connectivity index (χ1n) is 7.36. The van der Waals surface area contributed by atoms with E-state index in [-0.39, 0.29) is 5.60 Å². The lowest BCUT2D eigenvalue weighted by Gasteiger charge is -2.46. The third kappa shape index (κ3) is 3.44. The summed E-state index contributed by atoms with van der Waals surface area (Å²) in [4.78, 5) is 2.51. The monoisotopic (exact) mass is 257 g/mol. The van der Waals surface area contributed by atoms with Crippen molar-refractivity contribution in [3.8, 4) is 0 Å². The molecule has 2 heterocycles. The molecule has 0 aromatic heterocycles. The summed E-state index contributed by atoms with van der Waals surface area (Å²) in [6.07, 6.45) is 5.22. The molecule has 1 atom stereocenters. The predicted octanol–water partition coefficient (Wildman–Crippen LogP) is 1.42. The van der Waals surface area contributed by atoms with Gasteiger partial charge in [0.15, 0.2) is 0 Å². The SMILES string of the molecule is CCN(CCCO)C1CCOC2(CCOCC2)C1. The zero-order valence-corrected chi connectivity index (χ0v) is 11.6. The van der Waals surface area contributed by atoms with E-state index >= 15 is 0 Å². The molecular weight excluding hydrogens is 230 g/mol. The summed E-state index contributed by atoms with van der Waals surface area (Å²) < 4.78 is 11.5. The normalized spacial score (nSPS) is 27.8. The summed E-state index contributed by atoms with van der Waals surface area (Å²) >= 11 is 0. The minimum absolute atomic E-state index is 0.0772. The van der Waals surface area contributed by atoms with Gasteiger partial charge in [0, 0.05) is 39.0 Å². The molecule has 0 amide bonds. The minimum Gasteiger partial charge on any atom is -0.396 e. The molecule has 4 nitrogen and oxygen atoms in total. The molecule has 2 aliphatic rings. The quantitative estimate of drug-likeness (QED) is 0.809. The third-order valence-electron chi connectivity index (χ3n) is 4.40. The van der Waals surface area contributed by atoms with Crippen LogP contribution in [0.15, 0.2) is 0 Å². The number of hydrogen-bond acceptors (Lipinski definition) is 4. The van der Waals surface area contributed by atoms with Gasteiger partial charge in [0.1, 0.15) is 0 Å². The fourth-order valence-electron chi connectivity index (χ4n) is 3.28. The maximum atomic E-state index is 8.98. The van der Waals surface area contributed by atoms with Crippen LogP contribution in [0.4, 0.5) is 0 Å². The molecule has 0 aliphatic carbocycles. The number of ether oxygens (including phenoxy) is 2. The Kier molecular flexibility index (Phi) is 5.42. The van der Waals surface area contributed by atoms with Gasteiger partial charge in [-0.3, -0.25) is 0 Å². The van der Waals surface area contributed by atoms with Crippen LogP contribution in [0.2, 0.25) is 0 Å². The zero-order chi connectivity index (χ0) is 12.8. The standard InChI is InChI=1S/C14H27NO3/c1-2-15(7-3-8-16)13-4-9-18-14(12-13)5-10-17-11-6-14/h13,16H,2-12H2,1H3. The molecule has 2 fully saturated rings. The third-order valence-corrected chi connectivity index (χ3v) is 4.40. The molecule has 0 bridgehead atoms. The topological polar surface area (TPSA) is 41.9 Å². The van der Waals surface area contributed by atoms with Gasteiger partial charge in [-0.05, 0) is 38.6 Å². The maximum Gasteiger partial charge on any atom is 0.0741 e. The van der Waals surface area contributed by atoms with E-state index < -0.39 is 0 Å². The van der Waals surface area contributed by atoms with Gasteiger partial charge in [0.25, 0.3) is 0 Å². The molecule has 2 rings (SSSR count). The highest BCUT2D eigenvalue weighted by Gasteiger charge is 2.40. The number of rotatable bonds is 5. The lowest BCUT2D eigenvalue weighted by Crippen LogP contribution is -2.51. The molecule has 2 saturated heterocycles. The first-order valence-corrected chi connectivity index (χ1v) is 7.36. The Labute approximate surface area is 110 Å². The highest BCUT2D eigenvalue weighted by molar-refractivity contribution is 4.92. The van der Waals surface area contributed by atoms with Crippen LogP contribution in [0.5, 0.6) is 0 Å². The predicted molar refractivity (Wildman–Crippen MR) is 70.7 cm³/mol. The van der Waals surface area contributed by atoms with Gasteiger partial charge in [-0.2, -0.15) is 0 Å². The average Bonchev–Trinajstić information content (AvgIpc) is 2.41. The van der Waals surface area contributed by atoms with Crippen LogP contribution < -0.4 is 0 Å². The van der Waals surface area contributed by atoms with Gasteiger partial charge in [-0.25, -0.2) is 0 Å². The van der Waals surface area contributed by atoms with E-state index in [1.807, 2.05) is 0 Å². The van der Waals surface area contributed by atoms with Crippen molar-refractivity contribution >= 4 is 0 Å². The summed E-state index contributed by atoms with van der Waals surface area (Å²) in [5, 5.41) is 8.98. The van der Waals surface area contributed by atoms with E-state index in [0.29, 0.717) is 12.6 Å². The van der Waals surface area contributed by atoms with Gasteiger partial charge in [-0.1, -0.05) is 6.92 Å². The number of aliphatic hydroxyl groups is 1. The van der Waals surface area contributed by atoms with Gasteiger partial charge < -0.3 is 19.5 Å². The fraction of sp³-hybridized carbons (Fsp3) is 1.00. The van der Waals surface area contributed by atoms with Crippen molar-refractivity contribution in [2.45, 2.75) is 50.7 Å². The second-order valence-corrected chi connectivity index (χ2v) is 5.50. The molecule has 1 unspecified atom stereocenters. The Bertz CT molecular complexity index is 236. The molecule has 1 spiro atoms. The van der Waals surface area contributed by atoms with Crippen LogP contribution >= 0.6 is 0 Å². The smallest absolute Gasteiger partial charge is 0.0741 e. The van der Waals surface area contributed by atoms with Crippen LogP contribution in [0.25, 0.3) is 0 Å². The summed E-state index contributed by atoms with van der Waals surface area (Å²) in [5.74, 6) is 0. The van der Waals surface area contributed by atoms with Gasteiger partial charge in [0.2, 0.25) is 0 Å². The van der Waals surface area contributed by atoms with E-state index in [9.17, 15) is 0 Å². The fourth-order valence-corrected chi connectivity index (χ4v) is 3.28. The van der Waals surface area contributed by atoms with E-state index in [2.05, 4.69) is 11.8 Å². The lowest BCUT2D eigenvalue weighted by atomic mass is 9.83. The van der Waals surface area contributed by atoms with Gasteiger partial charge in [0.05, 0.1) is 5.60 Å². The molecule has 4 heteroatoms. The molecule has 106 valence electrons. The van der Waals surface area contributed by atoms with Gasteiger partial charge >= 0.3 is 0 Å². The largest absolute Gasteiger partial charge is 0.396 e. The van der Waals surface area contributed by atoms with Gasteiger partial charge in [-0.15, -0.1) is 0 Å². The summed E-state index contributed by atoms with van der Waals surface area (Å²) in [6.45, 7) is 7.13. The number of aliphatic hydroxyl groups excluding tert-OH is 1. The zero-order valence-electron chi connectivity index (χ0n) is 11.6. The minimum atomic E-state index is 0.0772.